The van der Waals surface area contributed by atoms with Crippen molar-refractivity contribution in [3.05, 3.63) is 83.8 Å². The van der Waals surface area contributed by atoms with Crippen LogP contribution >= 0.6 is 0 Å². The van der Waals surface area contributed by atoms with Gasteiger partial charge < -0.3 is 5.11 Å². The van der Waals surface area contributed by atoms with E-state index in [0.29, 0.717) is 5.92 Å². The maximum Gasteiger partial charge on any atom is 0.129 e. The Morgan fingerprint density at radius 2 is 1.91 bits per heavy atom. The zero-order chi connectivity index (χ0) is 23.3. The van der Waals surface area contributed by atoms with Crippen LogP contribution in [0.4, 0.5) is 4.39 Å². The summed E-state index contributed by atoms with van der Waals surface area (Å²) in [5.74, 6) is 0.980. The third kappa shape index (κ3) is 3.61. The van der Waals surface area contributed by atoms with Crippen LogP contribution in [0.5, 0.6) is 0 Å². The molecule has 1 N–H and O–H groups in total. The number of aromatic nitrogens is 4. The molecule has 6 heteroatoms. The molecule has 2 aromatic carbocycles. The number of aryl methyl sites for hydroxylation is 1. The van der Waals surface area contributed by atoms with Crippen LogP contribution in [-0.2, 0) is 18.3 Å². The molecular weight excluding hydrogens is 427 g/mol. The standard InChI is InChI=1S/C28H29FN4O/c1-27(34)10-11-28(17-26-30-12-3-13-31-26)21(16-27)5-2-4-19-15-25-20(14-24(19)28)18-32-33(25)23-8-6-22(29)7-9-23/h3,6-9,12-15,18,21,34H,2,4-5,10-11,16-17H2,1H3/t21-,27+,28-/m1/s1. The molecule has 0 aliphatic heterocycles. The lowest BCUT2D eigenvalue weighted by atomic mass is 9.57. The molecule has 0 bridgehead atoms. The highest BCUT2D eigenvalue weighted by atomic mass is 19.1. The predicted molar refractivity (Wildman–Crippen MR) is 129 cm³/mol. The van der Waals surface area contributed by atoms with Crippen molar-refractivity contribution in [2.75, 3.05) is 0 Å². The third-order valence-electron chi connectivity index (χ3n) is 8.07. The summed E-state index contributed by atoms with van der Waals surface area (Å²) in [6, 6.07) is 12.9. The predicted octanol–water partition coefficient (Wildman–Crippen LogP) is 5.32. The third-order valence-corrected chi connectivity index (χ3v) is 8.07. The van der Waals surface area contributed by atoms with E-state index in [0.717, 1.165) is 67.4 Å². The Morgan fingerprint density at radius 1 is 1.12 bits per heavy atom. The minimum absolute atomic E-state index is 0.110. The lowest BCUT2D eigenvalue weighted by molar-refractivity contribution is -0.0334. The van der Waals surface area contributed by atoms with Crippen molar-refractivity contribution in [2.45, 2.75) is 62.9 Å². The summed E-state index contributed by atoms with van der Waals surface area (Å²) in [7, 11) is 0. The lowest BCUT2D eigenvalue weighted by Crippen LogP contribution is -2.48. The van der Waals surface area contributed by atoms with Gasteiger partial charge >= 0.3 is 0 Å². The van der Waals surface area contributed by atoms with Crippen LogP contribution in [0.1, 0.15) is 56.0 Å². The van der Waals surface area contributed by atoms with Gasteiger partial charge in [-0.2, -0.15) is 5.10 Å². The fourth-order valence-electron chi connectivity index (χ4n) is 6.40. The second-order valence-electron chi connectivity index (χ2n) is 10.4. The van der Waals surface area contributed by atoms with Crippen LogP contribution < -0.4 is 0 Å². The van der Waals surface area contributed by atoms with Gasteiger partial charge in [0.1, 0.15) is 11.6 Å². The van der Waals surface area contributed by atoms with Gasteiger partial charge in [-0.1, -0.05) is 0 Å². The van der Waals surface area contributed by atoms with Crippen LogP contribution in [0.3, 0.4) is 0 Å². The molecule has 2 aliphatic carbocycles. The van der Waals surface area contributed by atoms with E-state index in [2.05, 4.69) is 27.2 Å². The molecule has 2 aliphatic rings. The second kappa shape index (κ2) is 7.98. The van der Waals surface area contributed by atoms with Crippen molar-refractivity contribution in [2.24, 2.45) is 5.92 Å². The molecule has 34 heavy (non-hydrogen) atoms. The number of benzene rings is 2. The molecule has 4 aromatic rings. The Balaban J connectivity index is 1.51. The van der Waals surface area contributed by atoms with Crippen molar-refractivity contribution in [3.63, 3.8) is 0 Å². The molecular formula is C28H29FN4O. The van der Waals surface area contributed by atoms with Crippen LogP contribution in [0.25, 0.3) is 16.6 Å². The first-order valence-corrected chi connectivity index (χ1v) is 12.2. The van der Waals surface area contributed by atoms with Crippen LogP contribution in [0.2, 0.25) is 0 Å². The summed E-state index contributed by atoms with van der Waals surface area (Å²) >= 11 is 0. The maximum atomic E-state index is 13.5. The van der Waals surface area contributed by atoms with E-state index in [4.69, 9.17) is 0 Å². The zero-order valence-corrected chi connectivity index (χ0v) is 19.4. The molecule has 6 rings (SSSR count). The Morgan fingerprint density at radius 3 is 2.71 bits per heavy atom. The van der Waals surface area contributed by atoms with Gasteiger partial charge in [0.25, 0.3) is 0 Å². The van der Waals surface area contributed by atoms with Gasteiger partial charge in [-0.3, -0.25) is 0 Å². The molecule has 0 radical (unpaired) electrons. The molecule has 0 spiro atoms. The van der Waals surface area contributed by atoms with Crippen molar-refractivity contribution in [1.82, 2.24) is 19.7 Å². The van der Waals surface area contributed by atoms with Crippen LogP contribution in [-0.4, -0.2) is 30.5 Å². The fraction of sp³-hybridized carbons (Fsp3) is 0.393. The number of halogens is 1. The van der Waals surface area contributed by atoms with Crippen LogP contribution in [0, 0.1) is 11.7 Å². The second-order valence-corrected chi connectivity index (χ2v) is 10.4. The van der Waals surface area contributed by atoms with Gasteiger partial charge in [-0.25, -0.2) is 19.0 Å². The zero-order valence-electron chi connectivity index (χ0n) is 19.4. The molecule has 2 aromatic heterocycles. The largest absolute Gasteiger partial charge is 0.390 e. The molecule has 2 heterocycles. The van der Waals surface area contributed by atoms with Crippen molar-refractivity contribution < 1.29 is 9.50 Å². The first-order chi connectivity index (χ1) is 16.4. The summed E-state index contributed by atoms with van der Waals surface area (Å²) in [4.78, 5) is 9.18. The number of hydrogen-bond donors (Lipinski definition) is 1. The van der Waals surface area contributed by atoms with Crippen molar-refractivity contribution in [1.29, 1.82) is 0 Å². The summed E-state index contributed by atoms with van der Waals surface area (Å²) in [6.07, 6.45) is 12.0. The molecule has 174 valence electrons. The number of rotatable bonds is 3. The Hall–Kier alpha value is -3.12. The number of fused-ring (bicyclic) bond motifs is 4. The summed E-state index contributed by atoms with van der Waals surface area (Å²) < 4.78 is 15.4. The SMILES string of the molecule is C[C@]1(O)CC[C@]2(Cc3ncccn3)c3cc4cnn(-c5ccc(F)cc5)c4cc3CCC[C@@H]2C1. The molecule has 0 saturated heterocycles. The first-order valence-electron chi connectivity index (χ1n) is 12.2. The van der Waals surface area contributed by atoms with Gasteiger partial charge in [-0.05, 0) is 105 Å². The number of hydrogen-bond acceptors (Lipinski definition) is 4. The van der Waals surface area contributed by atoms with Gasteiger partial charge in [0.2, 0.25) is 0 Å². The fourth-order valence-corrected chi connectivity index (χ4v) is 6.40. The van der Waals surface area contributed by atoms with Gasteiger partial charge in [0, 0.05) is 29.6 Å². The molecule has 0 amide bonds. The average molecular weight is 457 g/mol. The highest BCUT2D eigenvalue weighted by Gasteiger charge is 2.49. The summed E-state index contributed by atoms with van der Waals surface area (Å²) in [6.45, 7) is 1.98. The first kappa shape index (κ1) is 21.4. The molecule has 1 saturated carbocycles. The molecule has 1 fully saturated rings. The van der Waals surface area contributed by atoms with E-state index >= 15 is 0 Å². The molecule has 0 unspecified atom stereocenters. The van der Waals surface area contributed by atoms with Gasteiger partial charge in [0.15, 0.2) is 0 Å². The minimum atomic E-state index is -0.631. The topological polar surface area (TPSA) is 63.8 Å². The highest BCUT2D eigenvalue weighted by molar-refractivity contribution is 5.82. The lowest BCUT2D eigenvalue weighted by Gasteiger charge is -2.49. The summed E-state index contributed by atoms with van der Waals surface area (Å²) in [5.41, 5.74) is 3.86. The molecule has 3 atom stereocenters. The summed E-state index contributed by atoms with van der Waals surface area (Å²) in [5, 5.41) is 16.7. The molecule has 5 nitrogen and oxygen atoms in total. The maximum absolute atomic E-state index is 13.5. The van der Waals surface area contributed by atoms with Crippen molar-refractivity contribution >= 4 is 10.9 Å². The highest BCUT2D eigenvalue weighted by Crippen LogP contribution is 2.53. The minimum Gasteiger partial charge on any atom is -0.390 e. The Kier molecular flexibility index (Phi) is 5.03. The van der Waals surface area contributed by atoms with E-state index in [9.17, 15) is 9.50 Å². The van der Waals surface area contributed by atoms with Crippen LogP contribution in [0.15, 0.2) is 61.1 Å². The Bertz CT molecular complexity index is 1330. The van der Waals surface area contributed by atoms with Crippen molar-refractivity contribution in [3.8, 4) is 5.69 Å². The van der Waals surface area contributed by atoms with E-state index in [1.54, 1.807) is 12.1 Å². The van der Waals surface area contributed by atoms with Gasteiger partial charge in [-0.15, -0.1) is 0 Å². The van der Waals surface area contributed by atoms with E-state index in [-0.39, 0.29) is 11.2 Å². The average Bonchev–Trinajstić information content (AvgIpc) is 3.18. The normalized spacial score (nSPS) is 26.6. The Labute approximate surface area is 198 Å². The monoisotopic (exact) mass is 456 g/mol. The van der Waals surface area contributed by atoms with E-state index in [1.165, 1.54) is 23.3 Å². The van der Waals surface area contributed by atoms with E-state index < -0.39 is 5.60 Å². The number of aliphatic hydroxyl groups is 1. The van der Waals surface area contributed by atoms with E-state index in [1.807, 2.05) is 36.3 Å². The smallest absolute Gasteiger partial charge is 0.129 e. The quantitative estimate of drug-likeness (QED) is 0.453. The number of nitrogens with zero attached hydrogens (tertiary/aromatic N) is 4. The van der Waals surface area contributed by atoms with Gasteiger partial charge in [0.05, 0.1) is 23.0 Å².